The van der Waals surface area contributed by atoms with E-state index in [1.165, 1.54) is 0 Å². The first-order chi connectivity index (χ1) is 10.7. The minimum Gasteiger partial charge on any atom is -0.480 e. The van der Waals surface area contributed by atoms with E-state index in [9.17, 15) is 14.7 Å². The molecule has 0 aliphatic carbocycles. The molecule has 0 radical (unpaired) electrons. The van der Waals surface area contributed by atoms with E-state index in [0.29, 0.717) is 0 Å². The molecule has 23 heavy (non-hydrogen) atoms. The number of aromatic nitrogens is 1. The van der Waals surface area contributed by atoms with Crippen LogP contribution >= 0.6 is 0 Å². The van der Waals surface area contributed by atoms with E-state index in [2.05, 4.69) is 5.32 Å². The highest BCUT2D eigenvalue weighted by Crippen LogP contribution is 2.19. The summed E-state index contributed by atoms with van der Waals surface area (Å²) in [6, 6.07) is 8.68. The molecule has 0 saturated carbocycles. The number of alkyl carbamates (subject to hydrolysis) is 1. The summed E-state index contributed by atoms with van der Waals surface area (Å²) in [5.74, 6) is -1.10. The molecule has 6 nitrogen and oxygen atoms in total. The molecule has 124 valence electrons. The third-order valence-electron chi connectivity index (χ3n) is 3.45. The summed E-state index contributed by atoms with van der Waals surface area (Å²) in [5, 5.41) is 12.8. The second kappa shape index (κ2) is 6.32. The van der Waals surface area contributed by atoms with Gasteiger partial charge in [0, 0.05) is 24.7 Å². The lowest BCUT2D eigenvalue weighted by atomic mass is 10.1. The fourth-order valence-corrected chi connectivity index (χ4v) is 2.40. The number of rotatable bonds is 4. The van der Waals surface area contributed by atoms with E-state index in [-0.39, 0.29) is 6.42 Å². The van der Waals surface area contributed by atoms with Crippen molar-refractivity contribution in [1.82, 2.24) is 9.88 Å². The standard InChI is InChI=1S/C17H22N2O4/c1-17(2,3)23-16(22)18-13(15(20)21)10-12-9-11-7-5-6-8-14(11)19(12)4/h5-9,13H,10H2,1-4H3,(H,18,22)(H,20,21). The zero-order valence-electron chi connectivity index (χ0n) is 13.8. The Morgan fingerprint density at radius 2 is 1.96 bits per heavy atom. The summed E-state index contributed by atoms with van der Waals surface area (Å²) in [5.41, 5.74) is 1.17. The number of ether oxygens (including phenoxy) is 1. The Hall–Kier alpha value is -2.50. The van der Waals surface area contributed by atoms with Crippen LogP contribution in [0.5, 0.6) is 0 Å². The number of nitrogens with one attached hydrogen (secondary N) is 1. The van der Waals surface area contributed by atoms with Crippen LogP contribution in [0.2, 0.25) is 0 Å². The number of aryl methyl sites for hydroxylation is 1. The Labute approximate surface area is 135 Å². The molecule has 1 amide bonds. The number of carboxylic acid groups (broad SMARTS) is 1. The zero-order chi connectivity index (χ0) is 17.2. The van der Waals surface area contributed by atoms with Gasteiger partial charge in [0.05, 0.1) is 0 Å². The lowest BCUT2D eigenvalue weighted by Crippen LogP contribution is -2.44. The molecule has 0 aliphatic heterocycles. The largest absolute Gasteiger partial charge is 0.480 e. The van der Waals surface area contributed by atoms with Gasteiger partial charge in [-0.25, -0.2) is 9.59 Å². The fourth-order valence-electron chi connectivity index (χ4n) is 2.40. The van der Waals surface area contributed by atoms with Crippen molar-refractivity contribution in [1.29, 1.82) is 0 Å². The molecule has 1 heterocycles. The van der Waals surface area contributed by atoms with Gasteiger partial charge in [0.2, 0.25) is 0 Å². The Morgan fingerprint density at radius 3 is 2.52 bits per heavy atom. The van der Waals surface area contributed by atoms with Crippen molar-refractivity contribution in [3.05, 3.63) is 36.0 Å². The third kappa shape index (κ3) is 4.25. The number of para-hydroxylation sites is 1. The first-order valence-corrected chi connectivity index (χ1v) is 7.43. The quantitative estimate of drug-likeness (QED) is 0.908. The molecule has 2 aromatic rings. The minimum atomic E-state index is -1.10. The Morgan fingerprint density at radius 1 is 1.30 bits per heavy atom. The van der Waals surface area contributed by atoms with Crippen molar-refractivity contribution in [2.45, 2.75) is 38.8 Å². The number of amides is 1. The summed E-state index contributed by atoms with van der Waals surface area (Å²) < 4.78 is 7.06. The van der Waals surface area contributed by atoms with Crippen molar-refractivity contribution in [2.75, 3.05) is 0 Å². The monoisotopic (exact) mass is 318 g/mol. The zero-order valence-corrected chi connectivity index (χ0v) is 13.8. The number of hydrogen-bond acceptors (Lipinski definition) is 3. The molecular formula is C17H22N2O4. The smallest absolute Gasteiger partial charge is 0.408 e. The van der Waals surface area contributed by atoms with Gasteiger partial charge in [-0.2, -0.15) is 0 Å². The second-order valence-electron chi connectivity index (χ2n) is 6.49. The van der Waals surface area contributed by atoms with Crippen LogP contribution < -0.4 is 5.32 Å². The second-order valence-corrected chi connectivity index (χ2v) is 6.49. The number of benzene rings is 1. The molecule has 6 heteroatoms. The highest BCUT2D eigenvalue weighted by molar-refractivity contribution is 5.83. The van der Waals surface area contributed by atoms with Gasteiger partial charge in [0.15, 0.2) is 0 Å². The molecule has 2 N–H and O–H groups in total. The van der Waals surface area contributed by atoms with E-state index < -0.39 is 23.7 Å². The number of fused-ring (bicyclic) bond motifs is 1. The van der Waals surface area contributed by atoms with Gasteiger partial charge in [-0.05, 0) is 38.3 Å². The van der Waals surface area contributed by atoms with Gasteiger partial charge >= 0.3 is 12.1 Å². The van der Waals surface area contributed by atoms with E-state index in [1.807, 2.05) is 41.9 Å². The van der Waals surface area contributed by atoms with E-state index in [4.69, 9.17) is 4.74 Å². The van der Waals surface area contributed by atoms with Crippen molar-refractivity contribution in [2.24, 2.45) is 7.05 Å². The molecule has 1 aromatic heterocycles. The van der Waals surface area contributed by atoms with Crippen LogP contribution in [-0.4, -0.2) is 33.4 Å². The Kier molecular flexibility index (Phi) is 4.63. The van der Waals surface area contributed by atoms with Gasteiger partial charge in [0.1, 0.15) is 11.6 Å². The maximum atomic E-state index is 11.8. The number of aliphatic carboxylic acids is 1. The number of carboxylic acids is 1. The summed E-state index contributed by atoms with van der Waals surface area (Å²) in [7, 11) is 1.88. The topological polar surface area (TPSA) is 80.6 Å². The molecule has 1 aromatic carbocycles. The molecule has 1 atom stereocenters. The van der Waals surface area contributed by atoms with Gasteiger partial charge < -0.3 is 19.7 Å². The summed E-state index contributed by atoms with van der Waals surface area (Å²) in [6.45, 7) is 5.19. The molecule has 2 rings (SSSR count). The summed E-state index contributed by atoms with van der Waals surface area (Å²) >= 11 is 0. The maximum Gasteiger partial charge on any atom is 0.408 e. The molecule has 0 fully saturated rings. The SMILES string of the molecule is Cn1c(CC(NC(=O)OC(C)(C)C)C(=O)O)cc2ccccc21. The van der Waals surface area contributed by atoms with E-state index in [0.717, 1.165) is 16.6 Å². The molecule has 0 bridgehead atoms. The van der Waals surface area contributed by atoms with Crippen molar-refractivity contribution in [3.8, 4) is 0 Å². The summed E-state index contributed by atoms with van der Waals surface area (Å²) in [4.78, 5) is 23.3. The fraction of sp³-hybridized carbons (Fsp3) is 0.412. The molecule has 0 spiro atoms. The molecule has 1 unspecified atom stereocenters. The predicted molar refractivity (Wildman–Crippen MR) is 87.4 cm³/mol. The molecular weight excluding hydrogens is 296 g/mol. The highest BCUT2D eigenvalue weighted by atomic mass is 16.6. The van der Waals surface area contributed by atoms with E-state index >= 15 is 0 Å². The number of carbonyl (C=O) groups excluding carboxylic acids is 1. The molecule has 0 aliphatic rings. The van der Waals surface area contributed by atoms with Crippen LogP contribution in [0, 0.1) is 0 Å². The van der Waals surface area contributed by atoms with Crippen LogP contribution in [0.15, 0.2) is 30.3 Å². The van der Waals surface area contributed by atoms with Crippen molar-refractivity contribution >= 4 is 23.0 Å². The van der Waals surface area contributed by atoms with Gasteiger partial charge in [0.25, 0.3) is 0 Å². The maximum absolute atomic E-state index is 11.8. The lowest BCUT2D eigenvalue weighted by Gasteiger charge is -2.22. The van der Waals surface area contributed by atoms with Crippen LogP contribution in [0.25, 0.3) is 10.9 Å². The van der Waals surface area contributed by atoms with Crippen LogP contribution in [0.4, 0.5) is 4.79 Å². The van der Waals surface area contributed by atoms with E-state index in [1.54, 1.807) is 20.8 Å². The first-order valence-electron chi connectivity index (χ1n) is 7.43. The Balaban J connectivity index is 2.17. The average Bonchev–Trinajstić information content (AvgIpc) is 2.73. The predicted octanol–water partition coefficient (Wildman–Crippen LogP) is 2.70. The van der Waals surface area contributed by atoms with Crippen molar-refractivity contribution < 1.29 is 19.4 Å². The summed E-state index contributed by atoms with van der Waals surface area (Å²) in [6.07, 6.45) is -0.552. The van der Waals surface area contributed by atoms with Crippen LogP contribution in [-0.2, 0) is 23.0 Å². The van der Waals surface area contributed by atoms with Crippen molar-refractivity contribution in [3.63, 3.8) is 0 Å². The number of nitrogens with zero attached hydrogens (tertiary/aromatic N) is 1. The minimum absolute atomic E-state index is 0.180. The highest BCUT2D eigenvalue weighted by Gasteiger charge is 2.25. The van der Waals surface area contributed by atoms with Crippen LogP contribution in [0.1, 0.15) is 26.5 Å². The molecule has 0 saturated heterocycles. The number of hydrogen-bond donors (Lipinski definition) is 2. The Bertz CT molecular complexity index is 728. The number of carbonyl (C=O) groups is 2. The lowest BCUT2D eigenvalue weighted by molar-refractivity contribution is -0.139. The normalized spacial score (nSPS) is 12.9. The average molecular weight is 318 g/mol. The van der Waals surface area contributed by atoms with Gasteiger partial charge in [-0.3, -0.25) is 0 Å². The first kappa shape index (κ1) is 16.9. The third-order valence-corrected chi connectivity index (χ3v) is 3.45. The van der Waals surface area contributed by atoms with Gasteiger partial charge in [-0.1, -0.05) is 18.2 Å². The van der Waals surface area contributed by atoms with Crippen LogP contribution in [0.3, 0.4) is 0 Å². The van der Waals surface area contributed by atoms with Gasteiger partial charge in [-0.15, -0.1) is 0 Å².